The van der Waals surface area contributed by atoms with Crippen molar-refractivity contribution < 1.29 is 9.59 Å². The molecule has 30 heavy (non-hydrogen) atoms. The van der Waals surface area contributed by atoms with E-state index in [2.05, 4.69) is 15.1 Å². The molecule has 0 atom stereocenters. The van der Waals surface area contributed by atoms with Crippen LogP contribution in [0.5, 0.6) is 0 Å². The Labute approximate surface area is 178 Å². The first-order valence-electron chi connectivity index (χ1n) is 10.8. The summed E-state index contributed by atoms with van der Waals surface area (Å²) in [7, 11) is 4.08. The van der Waals surface area contributed by atoms with Crippen LogP contribution in [0, 0.1) is 0 Å². The molecular weight excluding hydrogens is 376 g/mol. The summed E-state index contributed by atoms with van der Waals surface area (Å²) in [6, 6.07) is 9.01. The van der Waals surface area contributed by atoms with Crippen molar-refractivity contribution in [2.45, 2.75) is 25.7 Å². The van der Waals surface area contributed by atoms with E-state index in [1.54, 1.807) is 24.3 Å². The van der Waals surface area contributed by atoms with Crippen LogP contribution in [0.1, 0.15) is 57.5 Å². The van der Waals surface area contributed by atoms with Gasteiger partial charge in [0.05, 0.1) is 22.5 Å². The third kappa shape index (κ3) is 3.67. The summed E-state index contributed by atoms with van der Waals surface area (Å²) in [5.41, 5.74) is 10.2. The van der Waals surface area contributed by atoms with E-state index in [-0.39, 0.29) is 11.6 Å². The maximum Gasteiger partial charge on any atom is 0.196 e. The lowest BCUT2D eigenvalue weighted by molar-refractivity contribution is 0.0980. The molecule has 0 amide bonds. The number of anilines is 3. The van der Waals surface area contributed by atoms with Crippen molar-refractivity contribution >= 4 is 28.6 Å². The van der Waals surface area contributed by atoms with Crippen LogP contribution in [0.2, 0.25) is 0 Å². The number of nitrogens with two attached hydrogens (primary N) is 1. The van der Waals surface area contributed by atoms with Gasteiger partial charge in [0.15, 0.2) is 11.6 Å². The molecule has 0 unspecified atom stereocenters. The summed E-state index contributed by atoms with van der Waals surface area (Å²) >= 11 is 0. The molecule has 1 heterocycles. The van der Waals surface area contributed by atoms with E-state index in [0.717, 1.165) is 51.1 Å². The van der Waals surface area contributed by atoms with Crippen molar-refractivity contribution in [1.82, 2.24) is 4.90 Å². The maximum atomic E-state index is 13.4. The van der Waals surface area contributed by atoms with E-state index in [9.17, 15) is 9.59 Å². The lowest BCUT2D eigenvalue weighted by Crippen LogP contribution is -2.32. The molecule has 2 aromatic rings. The van der Waals surface area contributed by atoms with E-state index in [4.69, 9.17) is 5.73 Å². The first-order valence-corrected chi connectivity index (χ1v) is 10.8. The molecule has 1 aliphatic carbocycles. The molecule has 0 radical (unpaired) electrons. The molecule has 2 aromatic carbocycles. The van der Waals surface area contributed by atoms with Crippen LogP contribution >= 0.6 is 0 Å². The van der Waals surface area contributed by atoms with Crippen LogP contribution < -0.4 is 16.0 Å². The number of piperidine rings is 1. The van der Waals surface area contributed by atoms with Crippen molar-refractivity contribution in [3.05, 3.63) is 52.6 Å². The highest BCUT2D eigenvalue weighted by atomic mass is 16.1. The summed E-state index contributed by atoms with van der Waals surface area (Å²) in [6.45, 7) is 3.50. The lowest BCUT2D eigenvalue weighted by Gasteiger charge is -2.32. The molecule has 0 spiro atoms. The van der Waals surface area contributed by atoms with Gasteiger partial charge in [-0.2, -0.15) is 0 Å². The minimum absolute atomic E-state index is 0.132. The van der Waals surface area contributed by atoms with Gasteiger partial charge < -0.3 is 20.9 Å². The van der Waals surface area contributed by atoms with Crippen molar-refractivity contribution in [3.8, 4) is 0 Å². The summed E-state index contributed by atoms with van der Waals surface area (Å²) in [4.78, 5) is 31.2. The Morgan fingerprint density at radius 1 is 1.00 bits per heavy atom. The van der Waals surface area contributed by atoms with Gasteiger partial charge in [-0.05, 0) is 52.4 Å². The molecule has 1 fully saturated rings. The molecule has 3 N–H and O–H groups in total. The Morgan fingerprint density at radius 2 is 1.63 bits per heavy atom. The summed E-state index contributed by atoms with van der Waals surface area (Å²) in [6.07, 6.45) is 4.36. The highest BCUT2D eigenvalue weighted by Gasteiger charge is 2.35. The Morgan fingerprint density at radius 3 is 2.27 bits per heavy atom. The zero-order chi connectivity index (χ0) is 21.3. The quantitative estimate of drug-likeness (QED) is 0.483. The highest BCUT2D eigenvalue weighted by molar-refractivity contribution is 6.32. The SMILES string of the molecule is CN(C)CCCNc1cc(N2CCCCC2)c(N)c2c1C(=O)c1ccccc1C2=O. The minimum Gasteiger partial charge on any atom is -0.396 e. The third-order valence-electron chi connectivity index (χ3n) is 6.01. The molecule has 0 saturated carbocycles. The van der Waals surface area contributed by atoms with Gasteiger partial charge >= 0.3 is 0 Å². The lowest BCUT2D eigenvalue weighted by atomic mass is 9.81. The second-order valence-electron chi connectivity index (χ2n) is 8.44. The number of fused-ring (bicyclic) bond motifs is 2. The predicted octanol–water partition coefficient (Wildman–Crippen LogP) is 3.40. The van der Waals surface area contributed by atoms with Crippen LogP contribution in [-0.2, 0) is 0 Å². The van der Waals surface area contributed by atoms with Gasteiger partial charge in [0.25, 0.3) is 0 Å². The third-order valence-corrected chi connectivity index (χ3v) is 6.01. The van der Waals surface area contributed by atoms with E-state index >= 15 is 0 Å². The average Bonchev–Trinajstić information content (AvgIpc) is 2.76. The first-order chi connectivity index (χ1) is 14.5. The fraction of sp³-hybridized carbons (Fsp3) is 0.417. The van der Waals surface area contributed by atoms with Crippen molar-refractivity contribution in [2.75, 3.05) is 56.2 Å². The predicted molar refractivity (Wildman–Crippen MR) is 122 cm³/mol. The van der Waals surface area contributed by atoms with Crippen LogP contribution in [0.15, 0.2) is 30.3 Å². The molecule has 1 saturated heterocycles. The summed E-state index contributed by atoms with van der Waals surface area (Å²) in [5, 5.41) is 3.43. The standard InChI is InChI=1S/C24H30N4O2/c1-27(2)12-8-11-26-18-15-19(28-13-6-3-7-14-28)22(25)21-20(18)23(29)16-9-4-5-10-17(16)24(21)30/h4-5,9-10,15,26H,3,6-8,11-14,25H2,1-2H3. The van der Waals surface area contributed by atoms with Gasteiger partial charge in [0.1, 0.15) is 0 Å². The number of rotatable bonds is 6. The zero-order valence-corrected chi connectivity index (χ0v) is 17.8. The Hall–Kier alpha value is -2.86. The number of carbonyl (C=O) groups is 2. The fourth-order valence-electron chi connectivity index (χ4n) is 4.46. The van der Waals surface area contributed by atoms with Crippen molar-refractivity contribution in [1.29, 1.82) is 0 Å². The maximum absolute atomic E-state index is 13.4. The second kappa shape index (κ2) is 8.48. The van der Waals surface area contributed by atoms with E-state index in [1.165, 1.54) is 6.42 Å². The molecule has 6 heteroatoms. The van der Waals surface area contributed by atoms with Gasteiger partial charge in [-0.25, -0.2) is 0 Å². The summed E-state index contributed by atoms with van der Waals surface area (Å²) in [5.74, 6) is -0.292. The van der Waals surface area contributed by atoms with Crippen LogP contribution in [0.25, 0.3) is 0 Å². The second-order valence-corrected chi connectivity index (χ2v) is 8.44. The smallest absolute Gasteiger partial charge is 0.196 e. The van der Waals surface area contributed by atoms with Gasteiger partial charge in [0.2, 0.25) is 0 Å². The Bertz CT molecular complexity index is 977. The normalized spacial score (nSPS) is 15.9. The number of carbonyl (C=O) groups excluding carboxylic acids is 2. The van der Waals surface area contributed by atoms with Crippen molar-refractivity contribution in [3.63, 3.8) is 0 Å². The Kier molecular flexibility index (Phi) is 5.77. The largest absolute Gasteiger partial charge is 0.396 e. The van der Waals surface area contributed by atoms with Crippen LogP contribution in [0.4, 0.5) is 17.1 Å². The molecule has 1 aliphatic heterocycles. The molecule has 158 valence electrons. The van der Waals surface area contributed by atoms with Gasteiger partial charge in [-0.3, -0.25) is 9.59 Å². The zero-order valence-electron chi connectivity index (χ0n) is 17.8. The van der Waals surface area contributed by atoms with Crippen LogP contribution in [-0.4, -0.2) is 56.7 Å². The molecule has 2 aliphatic rings. The van der Waals surface area contributed by atoms with Crippen LogP contribution in [0.3, 0.4) is 0 Å². The number of nitrogens with zero attached hydrogens (tertiary/aromatic N) is 2. The molecule has 0 bridgehead atoms. The Balaban J connectivity index is 1.80. The van der Waals surface area contributed by atoms with Crippen molar-refractivity contribution in [2.24, 2.45) is 0 Å². The first kappa shape index (κ1) is 20.4. The number of nitrogen functional groups attached to an aromatic ring is 1. The van der Waals surface area contributed by atoms with E-state index in [1.807, 2.05) is 20.2 Å². The molecular formula is C24H30N4O2. The molecule has 4 rings (SSSR count). The average molecular weight is 407 g/mol. The number of hydrogen-bond donors (Lipinski definition) is 2. The number of ketones is 2. The van der Waals surface area contributed by atoms with Gasteiger partial charge in [-0.15, -0.1) is 0 Å². The molecule has 0 aromatic heterocycles. The number of nitrogens with one attached hydrogen (secondary N) is 1. The topological polar surface area (TPSA) is 78.7 Å². The molecule has 6 nitrogen and oxygen atoms in total. The monoisotopic (exact) mass is 406 g/mol. The summed E-state index contributed by atoms with van der Waals surface area (Å²) < 4.78 is 0. The minimum atomic E-state index is -0.159. The van der Waals surface area contributed by atoms with E-state index < -0.39 is 0 Å². The van der Waals surface area contributed by atoms with Gasteiger partial charge in [-0.1, -0.05) is 24.3 Å². The highest BCUT2D eigenvalue weighted by Crippen LogP contribution is 2.41. The van der Waals surface area contributed by atoms with Gasteiger partial charge in [0, 0.05) is 36.4 Å². The fourth-order valence-corrected chi connectivity index (χ4v) is 4.46. The van der Waals surface area contributed by atoms with E-state index in [0.29, 0.717) is 33.6 Å². The number of benzene rings is 2. The number of hydrogen-bond acceptors (Lipinski definition) is 6.